The van der Waals surface area contributed by atoms with E-state index in [1.54, 1.807) is 9.80 Å². The maximum Gasteiger partial charge on any atom is 0.321 e. The number of aliphatic hydroxyl groups is 1. The maximum atomic E-state index is 14.0. The van der Waals surface area contributed by atoms with Crippen LogP contribution in [0.3, 0.4) is 0 Å². The van der Waals surface area contributed by atoms with Gasteiger partial charge >= 0.3 is 6.03 Å². The number of phenols is 1. The molecule has 2 heterocycles. The molecule has 1 aromatic heterocycles. The minimum absolute atomic E-state index is 0.0657. The van der Waals surface area contributed by atoms with Gasteiger partial charge in [-0.25, -0.2) is 18.2 Å². The molecule has 1 fully saturated rings. The zero-order valence-electron chi connectivity index (χ0n) is 27.0. The Morgan fingerprint density at radius 1 is 1.07 bits per heavy atom. The summed E-state index contributed by atoms with van der Waals surface area (Å²) in [5.74, 6) is -0.898. The number of phenolic OH excluding ortho intramolecular Hbond substituents is 1. The predicted octanol–water partition coefficient (Wildman–Crippen LogP) is 3.85. The van der Waals surface area contributed by atoms with Crippen LogP contribution in [-0.4, -0.2) is 94.0 Å². The van der Waals surface area contributed by atoms with Crippen molar-refractivity contribution in [2.24, 2.45) is 11.8 Å². The fraction of sp³-hybridized carbons (Fsp3) is 0.485. The highest BCUT2D eigenvalue weighted by atomic mass is 32.2. The summed E-state index contributed by atoms with van der Waals surface area (Å²) < 4.78 is 28.6. The van der Waals surface area contributed by atoms with E-state index in [1.807, 2.05) is 70.3 Å². The van der Waals surface area contributed by atoms with E-state index in [0.717, 1.165) is 16.3 Å². The normalized spacial score (nSPS) is 16.0. The van der Waals surface area contributed by atoms with Crippen molar-refractivity contribution in [1.29, 1.82) is 0 Å². The summed E-state index contributed by atoms with van der Waals surface area (Å²) in [5, 5.41) is 27.4. The van der Waals surface area contributed by atoms with E-state index in [4.69, 9.17) is 0 Å². The molecule has 0 bridgehead atoms. The van der Waals surface area contributed by atoms with E-state index >= 15 is 0 Å². The van der Waals surface area contributed by atoms with Gasteiger partial charge in [0.2, 0.25) is 15.9 Å². The van der Waals surface area contributed by atoms with Crippen LogP contribution in [0.5, 0.6) is 5.75 Å². The summed E-state index contributed by atoms with van der Waals surface area (Å²) >= 11 is 1.52. The van der Waals surface area contributed by atoms with Crippen LogP contribution in [0.1, 0.15) is 44.0 Å². The van der Waals surface area contributed by atoms with Crippen LogP contribution in [0, 0.1) is 18.8 Å². The number of hydrogen-bond donors (Lipinski definition) is 3. The van der Waals surface area contributed by atoms with Crippen molar-refractivity contribution in [2.75, 3.05) is 26.2 Å². The van der Waals surface area contributed by atoms with Crippen molar-refractivity contribution in [1.82, 2.24) is 24.4 Å². The van der Waals surface area contributed by atoms with Gasteiger partial charge in [-0.1, -0.05) is 64.1 Å². The molecule has 0 saturated carbocycles. The van der Waals surface area contributed by atoms with Crippen molar-refractivity contribution in [3.05, 3.63) is 76.2 Å². The van der Waals surface area contributed by atoms with Crippen molar-refractivity contribution in [3.63, 3.8) is 0 Å². The van der Waals surface area contributed by atoms with Gasteiger partial charge in [-0.3, -0.25) is 4.79 Å². The number of carbonyl (C=O) groups excluding carboxylic acids is 2. The average molecular weight is 672 g/mol. The second-order valence-corrected chi connectivity index (χ2v) is 15.5. The highest BCUT2D eigenvalue weighted by Crippen LogP contribution is 2.24. The number of aliphatic hydroxyl groups excluding tert-OH is 1. The Morgan fingerprint density at radius 3 is 2.39 bits per heavy atom. The maximum absolute atomic E-state index is 14.0. The van der Waals surface area contributed by atoms with Gasteiger partial charge in [0.25, 0.3) is 0 Å². The molecular formula is C33H45N5O6S2. The molecule has 13 heteroatoms. The molecule has 3 aromatic rings. The summed E-state index contributed by atoms with van der Waals surface area (Å²) in [6.07, 6.45) is -1.05. The molecule has 3 N–H and O–H groups in total. The highest BCUT2D eigenvalue weighted by Gasteiger charge is 2.40. The Balaban J connectivity index is 1.57. The van der Waals surface area contributed by atoms with Crippen LogP contribution in [-0.2, 0) is 27.8 Å². The monoisotopic (exact) mass is 671 g/mol. The van der Waals surface area contributed by atoms with Gasteiger partial charge in [0.05, 0.1) is 34.3 Å². The molecule has 2 aromatic carbocycles. The van der Waals surface area contributed by atoms with Crippen molar-refractivity contribution in [2.45, 2.75) is 70.7 Å². The Labute approximate surface area is 275 Å². The summed E-state index contributed by atoms with van der Waals surface area (Å²) in [7, 11) is -4.09. The molecule has 11 nitrogen and oxygen atoms in total. The summed E-state index contributed by atoms with van der Waals surface area (Å²) in [4.78, 5) is 35.1. The smallest absolute Gasteiger partial charge is 0.321 e. The molecule has 0 unspecified atom stereocenters. The standard InChI is InChI=1S/C33H45N5O6S2/c1-22(2)18-37(46(43,44)28-13-9-12-27(39)17-28)20-30(40)29(16-25-10-7-6-8-11-25)35-32(41)31(23(3)4)38-15-14-36(33(38)42)19-26-21-45-24(5)34-26/h6-13,17,21-23,29-31,39-40H,14-16,18-20H2,1-5H3,(H,35,41)/t29-,30-,31-/m0/s1. The van der Waals surface area contributed by atoms with Crippen LogP contribution in [0.2, 0.25) is 0 Å². The lowest BCUT2D eigenvalue weighted by Crippen LogP contribution is -2.57. The zero-order chi connectivity index (χ0) is 33.6. The van der Waals surface area contributed by atoms with Crippen LogP contribution < -0.4 is 5.32 Å². The lowest BCUT2D eigenvalue weighted by molar-refractivity contribution is -0.128. The second-order valence-electron chi connectivity index (χ2n) is 12.5. The van der Waals surface area contributed by atoms with E-state index in [2.05, 4.69) is 10.3 Å². The summed E-state index contributed by atoms with van der Waals surface area (Å²) in [5.41, 5.74) is 1.65. The van der Waals surface area contributed by atoms with Gasteiger partial charge in [0.15, 0.2) is 0 Å². The van der Waals surface area contributed by atoms with Crippen LogP contribution in [0.15, 0.2) is 64.9 Å². The SMILES string of the molecule is Cc1nc(CN2CCN([C@H](C(=O)N[C@@H](Cc3ccccc3)[C@@H](O)CN(CC(C)C)S(=O)(=O)c3cccc(O)c3)C(C)C)C2=O)cs1. The van der Waals surface area contributed by atoms with Crippen molar-refractivity contribution >= 4 is 33.3 Å². The number of benzene rings is 2. The average Bonchev–Trinajstić information content (AvgIpc) is 3.57. The van der Waals surface area contributed by atoms with Crippen LogP contribution in [0.25, 0.3) is 0 Å². The first-order valence-corrected chi connectivity index (χ1v) is 17.9. The third kappa shape index (κ3) is 8.84. The molecular weight excluding hydrogens is 627 g/mol. The Kier molecular flexibility index (Phi) is 11.8. The Morgan fingerprint density at radius 2 is 1.78 bits per heavy atom. The van der Waals surface area contributed by atoms with Gasteiger partial charge in [-0.15, -0.1) is 11.3 Å². The topological polar surface area (TPSA) is 143 Å². The minimum Gasteiger partial charge on any atom is -0.508 e. The zero-order valence-corrected chi connectivity index (χ0v) is 28.7. The van der Waals surface area contributed by atoms with Gasteiger partial charge in [0, 0.05) is 31.6 Å². The number of urea groups is 1. The molecule has 4 rings (SSSR count). The van der Waals surface area contributed by atoms with Gasteiger partial charge in [0.1, 0.15) is 11.8 Å². The molecule has 0 radical (unpaired) electrons. The van der Waals surface area contributed by atoms with Crippen LogP contribution >= 0.6 is 11.3 Å². The molecule has 250 valence electrons. The number of hydrogen-bond acceptors (Lipinski definition) is 8. The summed E-state index contributed by atoms with van der Waals surface area (Å²) in [6.45, 7) is 10.4. The van der Waals surface area contributed by atoms with E-state index in [1.165, 1.54) is 39.9 Å². The van der Waals surface area contributed by atoms with Gasteiger partial charge < -0.3 is 25.3 Å². The largest absolute Gasteiger partial charge is 0.508 e. The number of rotatable bonds is 15. The number of aromatic hydroxyl groups is 1. The third-order valence-electron chi connectivity index (χ3n) is 7.89. The molecule has 46 heavy (non-hydrogen) atoms. The van der Waals surface area contributed by atoms with Gasteiger partial charge in [-0.2, -0.15) is 4.31 Å². The van der Waals surface area contributed by atoms with E-state index in [9.17, 15) is 28.2 Å². The Bertz CT molecular complexity index is 1580. The lowest BCUT2D eigenvalue weighted by Gasteiger charge is -2.34. The number of carbonyl (C=O) groups is 2. The second kappa shape index (κ2) is 15.4. The number of nitrogens with one attached hydrogen (secondary N) is 1. The molecule has 3 atom stereocenters. The number of thiazole rings is 1. The molecule has 0 aliphatic carbocycles. The van der Waals surface area contributed by atoms with E-state index in [-0.39, 0.29) is 48.0 Å². The van der Waals surface area contributed by atoms with E-state index < -0.39 is 34.1 Å². The number of aryl methyl sites for hydroxylation is 1. The fourth-order valence-electron chi connectivity index (χ4n) is 5.71. The highest BCUT2D eigenvalue weighted by molar-refractivity contribution is 7.89. The number of aromatic nitrogens is 1. The van der Waals surface area contributed by atoms with Crippen molar-refractivity contribution < 1.29 is 28.2 Å². The molecule has 1 saturated heterocycles. The lowest BCUT2D eigenvalue weighted by atomic mass is 9.97. The Hall–Kier alpha value is -3.52. The third-order valence-corrected chi connectivity index (χ3v) is 10.5. The predicted molar refractivity (Wildman–Crippen MR) is 178 cm³/mol. The molecule has 3 amide bonds. The first kappa shape index (κ1) is 35.3. The molecule has 0 spiro atoms. The fourth-order valence-corrected chi connectivity index (χ4v) is 7.98. The minimum atomic E-state index is -4.09. The van der Waals surface area contributed by atoms with E-state index in [0.29, 0.717) is 19.6 Å². The van der Waals surface area contributed by atoms with Crippen molar-refractivity contribution in [3.8, 4) is 5.75 Å². The summed E-state index contributed by atoms with van der Waals surface area (Å²) in [6, 6.07) is 12.8. The van der Waals surface area contributed by atoms with Crippen LogP contribution in [0.4, 0.5) is 4.79 Å². The number of amides is 3. The first-order chi connectivity index (χ1) is 21.8. The first-order valence-electron chi connectivity index (χ1n) is 15.5. The quantitative estimate of drug-likeness (QED) is 0.223. The molecule has 1 aliphatic rings. The molecule has 1 aliphatic heterocycles. The number of sulfonamides is 1. The number of nitrogens with zero attached hydrogens (tertiary/aromatic N) is 4. The van der Waals surface area contributed by atoms with Gasteiger partial charge in [-0.05, 0) is 48.9 Å².